The zero-order valence-corrected chi connectivity index (χ0v) is 13.5. The number of piperazine rings is 1. The van der Waals surface area contributed by atoms with Crippen molar-refractivity contribution in [3.8, 4) is 5.75 Å². The Hall–Kier alpha value is -2.04. The molecule has 22 heavy (non-hydrogen) atoms. The maximum Gasteiger partial charge on any atom is 0.266 e. The van der Waals surface area contributed by atoms with E-state index < -0.39 is 5.60 Å². The molecule has 1 aliphatic heterocycles. The first kappa shape index (κ1) is 16.3. The summed E-state index contributed by atoms with van der Waals surface area (Å²) in [7, 11) is 0. The smallest absolute Gasteiger partial charge is 0.266 e. The number of amides is 2. The predicted octanol–water partition coefficient (Wildman–Crippen LogP) is 1.92. The third kappa shape index (κ3) is 3.78. The topological polar surface area (TPSA) is 49.9 Å². The van der Waals surface area contributed by atoms with Gasteiger partial charge in [0.15, 0.2) is 5.60 Å². The number of ether oxygens (including phenoxy) is 1. The fourth-order valence-electron chi connectivity index (χ4n) is 2.59. The summed E-state index contributed by atoms with van der Waals surface area (Å²) in [6, 6.07) is 9.35. The summed E-state index contributed by atoms with van der Waals surface area (Å²) in [5, 5.41) is 0. The molecule has 0 aromatic heterocycles. The minimum atomic E-state index is -0.918. The van der Waals surface area contributed by atoms with Crippen molar-refractivity contribution in [3.05, 3.63) is 30.3 Å². The summed E-state index contributed by atoms with van der Waals surface area (Å²) >= 11 is 0. The van der Waals surface area contributed by atoms with Gasteiger partial charge >= 0.3 is 0 Å². The van der Waals surface area contributed by atoms with Crippen molar-refractivity contribution in [3.63, 3.8) is 0 Å². The van der Waals surface area contributed by atoms with E-state index in [1.54, 1.807) is 18.7 Å². The molecule has 0 saturated carbocycles. The fourth-order valence-corrected chi connectivity index (χ4v) is 2.59. The minimum Gasteiger partial charge on any atom is -0.478 e. The highest BCUT2D eigenvalue weighted by molar-refractivity contribution is 5.85. The Morgan fingerprint density at radius 1 is 1.05 bits per heavy atom. The van der Waals surface area contributed by atoms with Gasteiger partial charge in [0.05, 0.1) is 0 Å². The van der Waals surface area contributed by atoms with Crippen LogP contribution in [0.4, 0.5) is 0 Å². The first-order chi connectivity index (χ1) is 10.4. The average molecular weight is 304 g/mol. The highest BCUT2D eigenvalue weighted by atomic mass is 16.5. The zero-order valence-electron chi connectivity index (χ0n) is 13.5. The molecule has 2 amide bonds. The van der Waals surface area contributed by atoms with Gasteiger partial charge in [-0.2, -0.15) is 0 Å². The molecule has 5 heteroatoms. The van der Waals surface area contributed by atoms with E-state index in [0.29, 0.717) is 38.3 Å². The number of carbonyl (C=O) groups is 2. The van der Waals surface area contributed by atoms with Crippen LogP contribution in [-0.2, 0) is 9.59 Å². The predicted molar refractivity (Wildman–Crippen MR) is 84.6 cm³/mol. The second kappa shape index (κ2) is 6.81. The summed E-state index contributed by atoms with van der Waals surface area (Å²) in [5.41, 5.74) is -0.918. The van der Waals surface area contributed by atoms with E-state index in [-0.39, 0.29) is 11.8 Å². The lowest BCUT2D eigenvalue weighted by Gasteiger charge is -2.38. The molecule has 1 aromatic carbocycles. The van der Waals surface area contributed by atoms with Crippen LogP contribution in [0.2, 0.25) is 0 Å². The fraction of sp³-hybridized carbons (Fsp3) is 0.529. The molecule has 1 saturated heterocycles. The Morgan fingerprint density at radius 2 is 1.59 bits per heavy atom. The van der Waals surface area contributed by atoms with E-state index in [9.17, 15) is 9.59 Å². The van der Waals surface area contributed by atoms with Gasteiger partial charge in [-0.15, -0.1) is 0 Å². The maximum atomic E-state index is 12.7. The third-order valence-corrected chi connectivity index (χ3v) is 3.85. The van der Waals surface area contributed by atoms with Gasteiger partial charge in [0.1, 0.15) is 5.75 Å². The van der Waals surface area contributed by atoms with E-state index in [2.05, 4.69) is 0 Å². The molecule has 0 radical (unpaired) electrons. The number of hydrogen-bond donors (Lipinski definition) is 0. The highest BCUT2D eigenvalue weighted by Gasteiger charge is 2.36. The van der Waals surface area contributed by atoms with Gasteiger partial charge in [-0.1, -0.05) is 25.1 Å². The van der Waals surface area contributed by atoms with Crippen LogP contribution in [0.25, 0.3) is 0 Å². The van der Waals surface area contributed by atoms with Crippen molar-refractivity contribution in [2.45, 2.75) is 32.8 Å². The number of benzene rings is 1. The second-order valence-electron chi connectivity index (χ2n) is 5.95. The Bertz CT molecular complexity index is 520. The number of nitrogens with zero attached hydrogens (tertiary/aromatic N) is 2. The van der Waals surface area contributed by atoms with Gasteiger partial charge in [0.2, 0.25) is 5.91 Å². The molecular weight excluding hydrogens is 280 g/mol. The first-order valence-electron chi connectivity index (χ1n) is 7.75. The van der Waals surface area contributed by atoms with E-state index in [1.165, 1.54) is 0 Å². The molecule has 1 aromatic rings. The average Bonchev–Trinajstić information content (AvgIpc) is 2.54. The van der Waals surface area contributed by atoms with Crippen molar-refractivity contribution in [1.29, 1.82) is 0 Å². The molecule has 1 fully saturated rings. The molecule has 0 bridgehead atoms. The lowest BCUT2D eigenvalue weighted by molar-refractivity contribution is -0.149. The van der Waals surface area contributed by atoms with E-state index in [0.717, 1.165) is 0 Å². The van der Waals surface area contributed by atoms with E-state index >= 15 is 0 Å². The summed E-state index contributed by atoms with van der Waals surface area (Å²) < 4.78 is 5.84. The van der Waals surface area contributed by atoms with Crippen LogP contribution < -0.4 is 4.74 Å². The van der Waals surface area contributed by atoms with Crippen LogP contribution in [-0.4, -0.2) is 53.4 Å². The molecule has 0 spiro atoms. The van der Waals surface area contributed by atoms with E-state index in [4.69, 9.17) is 4.74 Å². The minimum absolute atomic E-state index is 0.0417. The summed E-state index contributed by atoms with van der Waals surface area (Å²) in [5.74, 6) is 0.785. The molecule has 2 rings (SSSR count). The summed E-state index contributed by atoms with van der Waals surface area (Å²) in [6.45, 7) is 7.74. The van der Waals surface area contributed by atoms with Gasteiger partial charge in [0.25, 0.3) is 5.91 Å². The molecule has 5 nitrogen and oxygen atoms in total. The normalized spacial score (nSPS) is 15.6. The molecule has 0 unspecified atom stereocenters. The molecule has 0 atom stereocenters. The van der Waals surface area contributed by atoms with Crippen molar-refractivity contribution < 1.29 is 14.3 Å². The number of carbonyl (C=O) groups excluding carboxylic acids is 2. The van der Waals surface area contributed by atoms with Crippen molar-refractivity contribution in [2.24, 2.45) is 0 Å². The summed E-state index contributed by atoms with van der Waals surface area (Å²) in [6.07, 6.45) is 0.510. The largest absolute Gasteiger partial charge is 0.478 e. The van der Waals surface area contributed by atoms with Crippen molar-refractivity contribution in [2.75, 3.05) is 26.2 Å². The van der Waals surface area contributed by atoms with Gasteiger partial charge in [0, 0.05) is 32.6 Å². The second-order valence-corrected chi connectivity index (χ2v) is 5.95. The molecule has 0 N–H and O–H groups in total. The maximum absolute atomic E-state index is 12.7. The third-order valence-electron chi connectivity index (χ3n) is 3.85. The van der Waals surface area contributed by atoms with Crippen LogP contribution in [0.15, 0.2) is 30.3 Å². The summed E-state index contributed by atoms with van der Waals surface area (Å²) in [4.78, 5) is 27.9. The molecular formula is C17H24N2O3. The first-order valence-corrected chi connectivity index (χ1v) is 7.75. The monoisotopic (exact) mass is 304 g/mol. The zero-order chi connectivity index (χ0) is 16.2. The van der Waals surface area contributed by atoms with Gasteiger partial charge in [-0.05, 0) is 26.0 Å². The Morgan fingerprint density at radius 3 is 2.14 bits per heavy atom. The molecule has 1 heterocycles. The SMILES string of the molecule is CCC(=O)N1CCN(C(=O)C(C)(C)Oc2ccccc2)CC1. The van der Waals surface area contributed by atoms with E-state index in [1.807, 2.05) is 42.2 Å². The standard InChI is InChI=1S/C17H24N2O3/c1-4-15(20)18-10-12-19(13-11-18)16(21)17(2,3)22-14-8-6-5-7-9-14/h5-9H,4,10-13H2,1-3H3. The van der Waals surface area contributed by atoms with Crippen LogP contribution in [0.3, 0.4) is 0 Å². The van der Waals surface area contributed by atoms with Crippen LogP contribution in [0.1, 0.15) is 27.2 Å². The van der Waals surface area contributed by atoms with Crippen LogP contribution >= 0.6 is 0 Å². The molecule has 1 aliphatic rings. The van der Waals surface area contributed by atoms with Gasteiger partial charge in [-0.3, -0.25) is 9.59 Å². The lowest BCUT2D eigenvalue weighted by atomic mass is 10.1. The highest BCUT2D eigenvalue weighted by Crippen LogP contribution is 2.20. The lowest BCUT2D eigenvalue weighted by Crippen LogP contribution is -2.56. The van der Waals surface area contributed by atoms with Crippen LogP contribution in [0.5, 0.6) is 5.75 Å². The van der Waals surface area contributed by atoms with Crippen molar-refractivity contribution in [1.82, 2.24) is 9.80 Å². The van der Waals surface area contributed by atoms with Crippen molar-refractivity contribution >= 4 is 11.8 Å². The quantitative estimate of drug-likeness (QED) is 0.854. The Kier molecular flexibility index (Phi) is 5.06. The van der Waals surface area contributed by atoms with Gasteiger partial charge in [-0.25, -0.2) is 0 Å². The number of para-hydroxylation sites is 1. The molecule has 0 aliphatic carbocycles. The Labute approximate surface area is 131 Å². The number of rotatable bonds is 4. The van der Waals surface area contributed by atoms with Crippen LogP contribution in [0, 0.1) is 0 Å². The van der Waals surface area contributed by atoms with Gasteiger partial charge < -0.3 is 14.5 Å². The molecule has 120 valence electrons. The Balaban J connectivity index is 1.95. The number of hydrogen-bond acceptors (Lipinski definition) is 3.